The van der Waals surface area contributed by atoms with Crippen LogP contribution >= 0.6 is 11.6 Å². The Morgan fingerprint density at radius 1 is 1.28 bits per heavy atom. The molecular formula is C26H32ClFN4O4. The lowest BCUT2D eigenvalue weighted by Gasteiger charge is -2.32. The molecule has 1 aromatic carbocycles. The molecule has 194 valence electrons. The van der Waals surface area contributed by atoms with Crippen LogP contribution in [-0.2, 0) is 16.0 Å². The SMILES string of the molecule is COC(=O)C1CN1C(O)Cc1ccc(OCC[C@@H]2CC2C2CCN(c3ncc(Cl)cn3)CC2)cc1F. The molecule has 0 bridgehead atoms. The van der Waals surface area contributed by atoms with Crippen molar-refractivity contribution in [3.8, 4) is 5.75 Å². The van der Waals surface area contributed by atoms with Gasteiger partial charge in [0.25, 0.3) is 0 Å². The van der Waals surface area contributed by atoms with Crippen molar-refractivity contribution in [1.29, 1.82) is 0 Å². The Kier molecular flexibility index (Phi) is 7.60. The number of hydrogen-bond acceptors (Lipinski definition) is 8. The van der Waals surface area contributed by atoms with Gasteiger partial charge in [-0.1, -0.05) is 17.7 Å². The Balaban J connectivity index is 1.01. The highest BCUT2D eigenvalue weighted by Gasteiger charge is 2.45. The first-order chi connectivity index (χ1) is 17.4. The van der Waals surface area contributed by atoms with Gasteiger partial charge in [0.15, 0.2) is 0 Å². The summed E-state index contributed by atoms with van der Waals surface area (Å²) in [4.78, 5) is 24.0. The van der Waals surface area contributed by atoms with Crippen molar-refractivity contribution in [2.45, 2.75) is 44.4 Å². The van der Waals surface area contributed by atoms with Crippen molar-refractivity contribution in [1.82, 2.24) is 14.9 Å². The molecule has 3 aliphatic rings. The van der Waals surface area contributed by atoms with Gasteiger partial charge >= 0.3 is 5.97 Å². The van der Waals surface area contributed by atoms with Crippen molar-refractivity contribution in [3.05, 3.63) is 47.0 Å². The maximum absolute atomic E-state index is 14.6. The molecule has 0 radical (unpaired) electrons. The number of rotatable bonds is 10. The van der Waals surface area contributed by atoms with Gasteiger partial charge in [0, 0.05) is 32.1 Å². The second kappa shape index (κ2) is 10.9. The normalized spacial score (nSPS) is 26.4. The summed E-state index contributed by atoms with van der Waals surface area (Å²) in [5.41, 5.74) is 0.392. The average Bonchev–Trinajstić information content (AvgIpc) is 3.81. The van der Waals surface area contributed by atoms with Crippen molar-refractivity contribution in [2.75, 3.05) is 38.3 Å². The van der Waals surface area contributed by atoms with Crippen LogP contribution < -0.4 is 9.64 Å². The maximum Gasteiger partial charge on any atom is 0.324 e. The van der Waals surface area contributed by atoms with Gasteiger partial charge in [0.05, 0.1) is 31.1 Å². The summed E-state index contributed by atoms with van der Waals surface area (Å²) < 4.78 is 25.1. The van der Waals surface area contributed by atoms with E-state index in [1.165, 1.54) is 19.6 Å². The number of carbonyl (C=O) groups is 1. The van der Waals surface area contributed by atoms with E-state index in [4.69, 9.17) is 16.3 Å². The van der Waals surface area contributed by atoms with Crippen LogP contribution in [0.15, 0.2) is 30.6 Å². The number of piperidine rings is 1. The third-order valence-corrected chi connectivity index (χ3v) is 7.90. The predicted octanol–water partition coefficient (Wildman–Crippen LogP) is 3.31. The number of carbonyl (C=O) groups excluding carboxylic acids is 1. The van der Waals surface area contributed by atoms with E-state index in [9.17, 15) is 14.3 Å². The van der Waals surface area contributed by atoms with E-state index in [-0.39, 0.29) is 12.4 Å². The first kappa shape index (κ1) is 25.2. The number of halogens is 2. The first-order valence-corrected chi connectivity index (χ1v) is 13.0. The third kappa shape index (κ3) is 5.90. The number of aliphatic hydroxyl groups is 1. The molecule has 1 aromatic heterocycles. The van der Waals surface area contributed by atoms with Gasteiger partial charge in [-0.2, -0.15) is 0 Å². The summed E-state index contributed by atoms with van der Waals surface area (Å²) in [5.74, 6) is 2.59. The van der Waals surface area contributed by atoms with E-state index < -0.39 is 18.1 Å². The molecule has 0 amide bonds. The Labute approximate surface area is 215 Å². The smallest absolute Gasteiger partial charge is 0.324 e. The van der Waals surface area contributed by atoms with E-state index in [1.807, 2.05) is 0 Å². The van der Waals surface area contributed by atoms with Gasteiger partial charge in [0.1, 0.15) is 23.8 Å². The molecule has 36 heavy (non-hydrogen) atoms. The quantitative estimate of drug-likeness (QED) is 0.378. The Morgan fingerprint density at radius 2 is 2.03 bits per heavy atom. The summed E-state index contributed by atoms with van der Waals surface area (Å²) in [6.07, 6.45) is 6.96. The van der Waals surface area contributed by atoms with Crippen LogP contribution in [0.5, 0.6) is 5.75 Å². The minimum atomic E-state index is -0.923. The number of benzene rings is 1. The lowest BCUT2D eigenvalue weighted by atomic mass is 9.90. The fraction of sp³-hybridized carbons (Fsp3) is 0.577. The molecule has 2 aliphatic heterocycles. The minimum absolute atomic E-state index is 0.103. The molecule has 1 saturated carbocycles. The zero-order valence-electron chi connectivity index (χ0n) is 20.4. The largest absolute Gasteiger partial charge is 0.493 e. The zero-order chi connectivity index (χ0) is 25.2. The summed E-state index contributed by atoms with van der Waals surface area (Å²) >= 11 is 5.89. The fourth-order valence-electron chi connectivity index (χ4n) is 5.43. The summed E-state index contributed by atoms with van der Waals surface area (Å²) in [6.45, 7) is 2.92. The lowest BCUT2D eigenvalue weighted by molar-refractivity contribution is -0.141. The highest BCUT2D eigenvalue weighted by atomic mass is 35.5. The summed E-state index contributed by atoms with van der Waals surface area (Å²) in [6, 6.07) is 4.32. The number of ether oxygens (including phenoxy) is 2. The second-order valence-electron chi connectivity index (χ2n) is 10.00. The molecule has 1 aliphatic carbocycles. The number of methoxy groups -OCH3 is 1. The highest BCUT2D eigenvalue weighted by molar-refractivity contribution is 6.30. The molecule has 2 saturated heterocycles. The Hall–Kier alpha value is -2.49. The molecule has 0 spiro atoms. The number of nitrogens with zero attached hydrogens (tertiary/aromatic N) is 4. The summed E-state index contributed by atoms with van der Waals surface area (Å²) in [7, 11) is 1.31. The molecule has 5 rings (SSSR count). The van der Waals surface area contributed by atoms with E-state index in [0.29, 0.717) is 35.4 Å². The van der Waals surface area contributed by atoms with Crippen LogP contribution in [0.25, 0.3) is 0 Å². The number of aromatic nitrogens is 2. The van der Waals surface area contributed by atoms with Gasteiger partial charge in [-0.25, -0.2) is 14.4 Å². The van der Waals surface area contributed by atoms with Gasteiger partial charge in [-0.15, -0.1) is 0 Å². The first-order valence-electron chi connectivity index (χ1n) is 12.6. The number of hydrogen-bond donors (Lipinski definition) is 1. The third-order valence-electron chi connectivity index (χ3n) is 7.70. The van der Waals surface area contributed by atoms with E-state index in [2.05, 4.69) is 19.6 Å². The molecule has 3 heterocycles. The van der Waals surface area contributed by atoms with Gasteiger partial charge in [-0.3, -0.25) is 9.69 Å². The van der Waals surface area contributed by atoms with Crippen molar-refractivity contribution >= 4 is 23.5 Å². The average molecular weight is 519 g/mol. The van der Waals surface area contributed by atoms with Crippen LogP contribution in [0.2, 0.25) is 5.02 Å². The molecule has 4 unspecified atom stereocenters. The molecule has 3 fully saturated rings. The fourth-order valence-corrected chi connectivity index (χ4v) is 5.53. The zero-order valence-corrected chi connectivity index (χ0v) is 21.1. The topological polar surface area (TPSA) is 87.8 Å². The van der Waals surface area contributed by atoms with Crippen molar-refractivity contribution in [3.63, 3.8) is 0 Å². The lowest BCUT2D eigenvalue weighted by Crippen LogP contribution is -2.35. The molecule has 2 aromatic rings. The number of anilines is 1. The molecule has 1 N–H and O–H groups in total. The van der Waals surface area contributed by atoms with Crippen molar-refractivity contribution < 1.29 is 23.8 Å². The number of aliphatic hydroxyl groups excluding tert-OH is 1. The predicted molar refractivity (Wildman–Crippen MR) is 132 cm³/mol. The van der Waals surface area contributed by atoms with Gasteiger partial charge in [-0.05, 0) is 55.1 Å². The molecule has 5 atom stereocenters. The molecular weight excluding hydrogens is 487 g/mol. The standard InChI is InChI=1S/C26H32ClFN4O4/c1-35-25(34)23-15-32(23)24(33)11-18-2-3-20(12-22(18)28)36-9-6-17-10-21(17)16-4-7-31(8-5-16)26-29-13-19(27)14-30-26/h2-3,12-14,16-17,21,23-24,33H,4-11,15H2,1H3/t17-,21?,23?,24?,32?/m1/s1. The van der Waals surface area contributed by atoms with Crippen LogP contribution in [0, 0.1) is 23.6 Å². The van der Waals surface area contributed by atoms with Crippen LogP contribution in [-0.4, -0.2) is 71.6 Å². The van der Waals surface area contributed by atoms with Crippen LogP contribution in [0.4, 0.5) is 10.3 Å². The number of esters is 1. The monoisotopic (exact) mass is 518 g/mol. The van der Waals surface area contributed by atoms with E-state index in [0.717, 1.165) is 50.1 Å². The Morgan fingerprint density at radius 3 is 2.72 bits per heavy atom. The molecule has 10 heteroatoms. The Bertz CT molecular complexity index is 1070. The van der Waals surface area contributed by atoms with Gasteiger partial charge in [0.2, 0.25) is 5.95 Å². The summed E-state index contributed by atoms with van der Waals surface area (Å²) in [5, 5.41) is 10.8. The van der Waals surface area contributed by atoms with Gasteiger partial charge < -0.3 is 19.5 Å². The van der Waals surface area contributed by atoms with Crippen LogP contribution in [0.1, 0.15) is 31.2 Å². The highest BCUT2D eigenvalue weighted by Crippen LogP contribution is 2.49. The molecule has 8 nitrogen and oxygen atoms in total. The van der Waals surface area contributed by atoms with E-state index in [1.54, 1.807) is 29.4 Å². The van der Waals surface area contributed by atoms with E-state index >= 15 is 0 Å². The van der Waals surface area contributed by atoms with Crippen molar-refractivity contribution in [2.24, 2.45) is 17.8 Å². The minimum Gasteiger partial charge on any atom is -0.493 e. The van der Waals surface area contributed by atoms with Crippen LogP contribution in [0.3, 0.4) is 0 Å². The second-order valence-corrected chi connectivity index (χ2v) is 10.4. The maximum atomic E-state index is 14.6.